The average Bonchev–Trinajstić information content (AvgIpc) is 4.38. The molecule has 2 nitrogen and oxygen atoms in total. The Kier molecular flexibility index (Phi) is 13.6. The molecular weight excluding hydrogens is 985 g/mol. The Balaban J connectivity index is 0.996. The Morgan fingerprint density at radius 3 is 0.960 bits per heavy atom. The van der Waals surface area contributed by atoms with Crippen LogP contribution in [0.3, 0.4) is 0 Å². The maximum absolute atomic E-state index is 2.65. The first-order chi connectivity index (χ1) is 37.1. The first-order valence-electron chi connectivity index (χ1n) is 27.7. The third-order valence-electron chi connectivity index (χ3n) is 16.5. The fourth-order valence-electron chi connectivity index (χ4n) is 12.8. The molecule has 6 aromatic heterocycles. The largest absolute Gasteiger partial charge is 0.309 e. The monoisotopic (exact) mass is 1050 g/mol. The van der Waals surface area contributed by atoms with Gasteiger partial charge < -0.3 is 9.13 Å². The van der Waals surface area contributed by atoms with E-state index in [4.69, 9.17) is 0 Å². The van der Waals surface area contributed by atoms with E-state index in [1.54, 1.807) is 0 Å². The third-order valence-corrected chi connectivity index (χ3v) is 20.2. The summed E-state index contributed by atoms with van der Waals surface area (Å²) in [7, 11) is 0. The van der Waals surface area contributed by atoms with E-state index in [0.717, 1.165) is 12.8 Å². The van der Waals surface area contributed by atoms with Gasteiger partial charge in [-0.1, -0.05) is 152 Å². The van der Waals surface area contributed by atoms with Gasteiger partial charge in [-0.2, -0.15) is 0 Å². The summed E-state index contributed by atoms with van der Waals surface area (Å²) in [5, 5.41) is 14.0. The fraction of sp³-hybridized carbons (Fsp3) is 0.246. The SMILES string of the molecule is CCCCCCCCC1(CCCCCCCC)c2cc(-n3c4ccc(-c5cccs5)cc4c4cc(-c5cccs5)ccc43)ccc2-c2ccc(-n3c4ccc(-c5cccs5)cc4c4cc(-c5cccs5)ccc43)cc21. The van der Waals surface area contributed by atoms with Gasteiger partial charge in [0.25, 0.3) is 0 Å². The van der Waals surface area contributed by atoms with Crippen LogP contribution >= 0.6 is 45.3 Å². The molecule has 6 aromatic carbocycles. The lowest BCUT2D eigenvalue weighted by Gasteiger charge is -2.33. The molecule has 1 aliphatic rings. The van der Waals surface area contributed by atoms with E-state index < -0.39 is 0 Å². The van der Waals surface area contributed by atoms with Gasteiger partial charge in [-0.3, -0.25) is 0 Å². The van der Waals surface area contributed by atoms with Gasteiger partial charge in [0, 0.05) is 57.8 Å². The van der Waals surface area contributed by atoms with Crippen LogP contribution in [-0.4, -0.2) is 9.13 Å². The molecule has 75 heavy (non-hydrogen) atoms. The van der Waals surface area contributed by atoms with E-state index in [0.29, 0.717) is 0 Å². The second-order valence-electron chi connectivity index (χ2n) is 21.1. The number of hydrogen-bond donors (Lipinski definition) is 0. The van der Waals surface area contributed by atoms with E-state index >= 15 is 0 Å². The zero-order valence-electron chi connectivity index (χ0n) is 43.2. The topological polar surface area (TPSA) is 9.86 Å². The summed E-state index contributed by atoms with van der Waals surface area (Å²) in [4.78, 5) is 5.23. The normalized spacial score (nSPS) is 13.0. The summed E-state index contributed by atoms with van der Waals surface area (Å²) in [6.07, 6.45) is 17.8. The lowest BCUT2D eigenvalue weighted by atomic mass is 9.70. The Bertz CT molecular complexity index is 3480. The third kappa shape index (κ3) is 8.86. The number of rotatable bonds is 20. The molecule has 0 N–H and O–H groups in total. The van der Waals surface area contributed by atoms with Crippen LogP contribution in [0.1, 0.15) is 115 Å². The zero-order valence-corrected chi connectivity index (χ0v) is 46.5. The predicted molar refractivity (Wildman–Crippen MR) is 331 cm³/mol. The van der Waals surface area contributed by atoms with Crippen LogP contribution in [0.2, 0.25) is 0 Å². The lowest BCUT2D eigenvalue weighted by Crippen LogP contribution is -2.26. The van der Waals surface area contributed by atoms with Crippen molar-refractivity contribution in [3.63, 3.8) is 0 Å². The smallest absolute Gasteiger partial charge is 0.0541 e. The first kappa shape index (κ1) is 48.4. The fourth-order valence-corrected chi connectivity index (χ4v) is 15.7. The molecule has 0 aliphatic heterocycles. The molecule has 6 heterocycles. The number of unbranched alkanes of at least 4 members (excludes halogenated alkanes) is 10. The van der Waals surface area contributed by atoms with Crippen molar-refractivity contribution in [2.45, 2.75) is 109 Å². The van der Waals surface area contributed by atoms with Crippen molar-refractivity contribution in [1.29, 1.82) is 0 Å². The summed E-state index contributed by atoms with van der Waals surface area (Å²) in [6.45, 7) is 4.67. The van der Waals surface area contributed by atoms with Crippen LogP contribution in [0, 0.1) is 0 Å². The minimum atomic E-state index is -0.124. The lowest BCUT2D eigenvalue weighted by molar-refractivity contribution is 0.397. The molecule has 12 aromatic rings. The Hall–Kier alpha value is -6.28. The second kappa shape index (κ2) is 21.0. The molecule has 0 saturated carbocycles. The van der Waals surface area contributed by atoms with Gasteiger partial charge in [0.05, 0.1) is 22.1 Å². The maximum atomic E-state index is 2.65. The summed E-state index contributed by atoms with van der Waals surface area (Å²) in [5.74, 6) is 0. The molecule has 1 aliphatic carbocycles. The molecule has 0 atom stereocenters. The van der Waals surface area contributed by atoms with E-state index in [-0.39, 0.29) is 5.41 Å². The van der Waals surface area contributed by atoms with Crippen LogP contribution in [0.4, 0.5) is 0 Å². The molecule has 6 heteroatoms. The minimum absolute atomic E-state index is 0.124. The van der Waals surface area contributed by atoms with Crippen LogP contribution in [0.15, 0.2) is 179 Å². The number of fused-ring (bicyclic) bond motifs is 9. The minimum Gasteiger partial charge on any atom is -0.309 e. The highest BCUT2D eigenvalue weighted by Gasteiger charge is 2.43. The predicted octanol–water partition coefficient (Wildman–Crippen LogP) is 22.6. The number of aromatic nitrogens is 2. The van der Waals surface area contributed by atoms with Crippen molar-refractivity contribution in [2.24, 2.45) is 0 Å². The van der Waals surface area contributed by atoms with Crippen LogP contribution in [0.5, 0.6) is 0 Å². The van der Waals surface area contributed by atoms with Crippen molar-refractivity contribution < 1.29 is 0 Å². The highest BCUT2D eigenvalue weighted by molar-refractivity contribution is 7.14. The summed E-state index contributed by atoms with van der Waals surface area (Å²) >= 11 is 7.28. The summed E-state index contributed by atoms with van der Waals surface area (Å²) in [6, 6.07) is 61.6. The molecule has 13 rings (SSSR count). The molecule has 0 unspecified atom stereocenters. The van der Waals surface area contributed by atoms with Crippen LogP contribution < -0.4 is 0 Å². The highest BCUT2D eigenvalue weighted by Crippen LogP contribution is 2.56. The molecule has 0 spiro atoms. The molecule has 0 saturated heterocycles. The van der Waals surface area contributed by atoms with Gasteiger partial charge in [0.15, 0.2) is 0 Å². The van der Waals surface area contributed by atoms with Crippen molar-refractivity contribution >= 4 is 89.0 Å². The Morgan fingerprint density at radius 2 is 0.653 bits per heavy atom. The number of nitrogens with zero attached hydrogens (tertiary/aromatic N) is 2. The molecule has 374 valence electrons. The quantitative estimate of drug-likeness (QED) is 0.0673. The Labute approximate surface area is 458 Å². The number of hydrogen-bond acceptors (Lipinski definition) is 4. The van der Waals surface area contributed by atoms with Crippen molar-refractivity contribution in [1.82, 2.24) is 9.13 Å². The van der Waals surface area contributed by atoms with E-state index in [1.165, 1.54) is 196 Å². The van der Waals surface area contributed by atoms with Gasteiger partial charge in [0.1, 0.15) is 0 Å². The molecule has 0 amide bonds. The van der Waals surface area contributed by atoms with E-state index in [9.17, 15) is 0 Å². The summed E-state index contributed by atoms with van der Waals surface area (Å²) in [5.41, 5.74) is 18.5. The van der Waals surface area contributed by atoms with Crippen LogP contribution in [0.25, 0.3) is 108 Å². The van der Waals surface area contributed by atoms with Gasteiger partial charge in [-0.05, 0) is 176 Å². The van der Waals surface area contributed by atoms with Gasteiger partial charge in [-0.15, -0.1) is 45.3 Å². The zero-order chi connectivity index (χ0) is 50.3. The first-order valence-corrected chi connectivity index (χ1v) is 31.2. The maximum Gasteiger partial charge on any atom is 0.0541 e. The average molecular weight is 1050 g/mol. The molecule has 0 bridgehead atoms. The van der Waals surface area contributed by atoms with Crippen molar-refractivity contribution in [3.8, 4) is 64.3 Å². The highest BCUT2D eigenvalue weighted by atomic mass is 32.1. The molecule has 0 radical (unpaired) electrons. The second-order valence-corrected chi connectivity index (χ2v) is 24.9. The van der Waals surface area contributed by atoms with E-state index in [1.807, 2.05) is 45.3 Å². The number of thiophene rings is 4. The Morgan fingerprint density at radius 1 is 0.333 bits per heavy atom. The van der Waals surface area contributed by atoms with Crippen LogP contribution in [-0.2, 0) is 5.41 Å². The van der Waals surface area contributed by atoms with Crippen molar-refractivity contribution in [2.75, 3.05) is 0 Å². The molecular formula is C69H64N2S4. The van der Waals surface area contributed by atoms with E-state index in [2.05, 4.69) is 202 Å². The standard InChI is InChI=1S/C69H64N2S4/c1-3-5-7-9-11-13-35-69(36-14-12-10-8-6-4-2)59-45-51(70-61-31-23-47(65-19-15-37-72-65)41-55(61)56-42-48(24-32-62(56)70)66-20-16-38-73-66)27-29-53(59)54-30-28-52(46-60(54)69)71-63-33-25-49(67-21-17-39-74-67)43-57(63)58-44-50(26-34-64(58)71)68-22-18-40-75-68/h15-34,37-46H,3-14,35-36H2,1-2H3. The summed E-state index contributed by atoms with van der Waals surface area (Å²) < 4.78 is 5.17. The van der Waals surface area contributed by atoms with Gasteiger partial charge >= 0.3 is 0 Å². The van der Waals surface area contributed by atoms with Crippen molar-refractivity contribution in [3.05, 3.63) is 190 Å². The number of benzene rings is 6. The van der Waals surface area contributed by atoms with Gasteiger partial charge in [0.2, 0.25) is 0 Å². The molecule has 0 fully saturated rings. The van der Waals surface area contributed by atoms with Gasteiger partial charge in [-0.25, -0.2) is 0 Å².